The van der Waals surface area contributed by atoms with Crippen molar-refractivity contribution in [1.29, 1.82) is 10.5 Å². The molecule has 1 fully saturated rings. The van der Waals surface area contributed by atoms with E-state index in [0.717, 1.165) is 75.8 Å². The molecule has 4 atom stereocenters. The van der Waals surface area contributed by atoms with Crippen molar-refractivity contribution < 1.29 is 72.3 Å². The number of benzene rings is 11. The number of amides is 9. The van der Waals surface area contributed by atoms with Gasteiger partial charge in [0.15, 0.2) is 24.9 Å². The summed E-state index contributed by atoms with van der Waals surface area (Å²) in [4.78, 5) is 110. The highest BCUT2D eigenvalue weighted by Gasteiger charge is 2.43. The minimum atomic E-state index is -1.14. The number of nitriles is 2. The molecule has 0 radical (unpaired) electrons. The second-order valence-corrected chi connectivity index (χ2v) is 36.0. The number of urea groups is 2. The van der Waals surface area contributed by atoms with Crippen LogP contribution in [0.25, 0.3) is 0 Å². The summed E-state index contributed by atoms with van der Waals surface area (Å²) in [6.45, 7) is 17.1. The van der Waals surface area contributed by atoms with Crippen molar-refractivity contribution in [3.05, 3.63) is 282 Å². The summed E-state index contributed by atoms with van der Waals surface area (Å²) < 4.78 is 28.5. The molecular formula is C99H91Cl10N13O15S. The number of hydrazine groups is 1. The lowest BCUT2D eigenvalue weighted by molar-refractivity contribution is -0.143. The van der Waals surface area contributed by atoms with Gasteiger partial charge in [-0.3, -0.25) is 29.4 Å². The maximum absolute atomic E-state index is 14.5. The lowest BCUT2D eigenvalue weighted by Gasteiger charge is -2.21. The normalized spacial score (nSPS) is 12.8. The molecule has 28 nitrogen and oxygen atoms in total. The van der Waals surface area contributed by atoms with Gasteiger partial charge in [-0.25, -0.2) is 24.4 Å². The zero-order valence-electron chi connectivity index (χ0n) is 75.5. The number of aliphatic imine (C=N–C) groups is 1. The van der Waals surface area contributed by atoms with Gasteiger partial charge in [0.2, 0.25) is 0 Å². The highest BCUT2D eigenvalue weighted by molar-refractivity contribution is 8.01. The van der Waals surface area contributed by atoms with Crippen molar-refractivity contribution in [2.45, 2.75) is 136 Å². The Kier molecular flexibility index (Phi) is 39.3. The molecule has 0 bridgehead atoms. The summed E-state index contributed by atoms with van der Waals surface area (Å²) in [6.07, 6.45) is 2.25. The van der Waals surface area contributed by atoms with E-state index in [1.54, 1.807) is 60.7 Å². The number of carbonyl (C=O) groups is 8. The topological polar surface area (TPSA) is 395 Å². The van der Waals surface area contributed by atoms with E-state index in [-0.39, 0.29) is 124 Å². The van der Waals surface area contributed by atoms with Crippen LogP contribution in [-0.4, -0.2) is 101 Å². The fourth-order valence-electron chi connectivity index (χ4n) is 13.4. The number of carbonyl (C=O) groups excluding carboxylic acids is 8. The van der Waals surface area contributed by atoms with Crippen LogP contribution in [0, 0.1) is 64.2 Å². The van der Waals surface area contributed by atoms with Crippen LogP contribution in [0.15, 0.2) is 192 Å². The predicted octanol–water partition coefficient (Wildman–Crippen LogP) is 26.4. The number of hydrogen-bond acceptors (Lipinski definition) is 19. The van der Waals surface area contributed by atoms with E-state index in [4.69, 9.17) is 150 Å². The number of hydrogen-bond donors (Lipinski definition) is 11. The first-order valence-corrected chi connectivity index (χ1v) is 47.1. The Hall–Kier alpha value is -12.7. The molecule has 1 heterocycles. The maximum atomic E-state index is 14.5. The fraction of sp³-hybridized carbons (Fsp3) is 0.222. The Morgan fingerprint density at radius 3 is 1.42 bits per heavy atom. The number of esters is 1. The summed E-state index contributed by atoms with van der Waals surface area (Å²) in [7, 11) is 1.19. The number of phenolic OH excluding ortho intramolecular Hbond substituents is 2. The fourth-order valence-corrected chi connectivity index (χ4v) is 16.8. The number of aromatic hydroxyl groups is 2. The Morgan fingerprint density at radius 1 is 0.464 bits per heavy atom. The quantitative estimate of drug-likeness (QED) is 0.00807. The van der Waals surface area contributed by atoms with Gasteiger partial charge in [-0.2, -0.15) is 10.5 Å². The molecule has 0 saturated carbocycles. The number of anilines is 9. The molecule has 1 aliphatic heterocycles. The number of aryl methyl sites for hydroxylation is 6. The SMILES string of the molecule is CCC(Oc1ccc(C)cc1C)C(=O)Nc1ccccc1SC1C(=O)N(c2c(Cl)c(Cl)c(Cl)c(Cl)c2Cl)NC1=Nc1cc(NC(=O)c2c(Cl)cccc2Cl)ccc1Cl.CCCCC(Oc1ccc(C)cc1C)C(=O)Nc1cc(O)c(NC(=O)Nc2ccc(Cl)c(C#N)c2)cc1OCC(=O)OC.CCCCC(Oc1ccc(C)cc1C)C(=O)Nc1ccc(NC(=O)Nc2ccc(Cl)c(C#N)c2)c(O)c1. The average molecular weight is 2090 g/mol. The van der Waals surface area contributed by atoms with Crippen molar-refractivity contribution >= 4 is 238 Å². The number of para-hydroxylation sites is 1. The number of unbranched alkanes of at least 4 members (excludes halogenated alkanes) is 2. The van der Waals surface area contributed by atoms with Gasteiger partial charge in [-0.15, -0.1) is 11.8 Å². The molecular weight excluding hydrogens is 2000 g/mol. The third kappa shape index (κ3) is 29.0. The standard InChI is InChI=1S/C40H29Cl8N5O4S.C31H33ClN4O7.C28H29ClN4O4/c1-4-26(57-27-15-12-18(2)16-19(27)3)38(54)51-24-10-5-6-11-28(24)58-36-37(52-53(40(36)56)35-33(47)31(45)30(44)32(46)34(35)48)50-25-17-20(13-14-21(25)41)49-39(55)29-22(42)8-7-9-23(29)43;1-5-6-7-27(43-26-11-8-18(2)12-19(26)3)30(39)35-24-14-25(37)23(15-28(24)42-17-29(38)41-4)36-31(40)34-21-9-10-22(32)20(13-21)16-33;1-4-5-6-26(37-25-12-7-17(2)13-18(25)3)27(35)31-21-9-11-23(24(34)15-21)33-28(36)32-20-8-10-22(29)19(14-20)16-30/h5-17,26,36H,4H2,1-3H3,(H,49,55)(H,50,52)(H,51,54);8-15,27,37H,5-7,17H2,1-4H3,(H,35,39)(H2,34,36,40);7-15,26,34H,4-6H2,1-3H3,(H,31,35)(H2,32,33,36). The molecule has 4 unspecified atom stereocenters. The summed E-state index contributed by atoms with van der Waals surface area (Å²) in [6, 6.07) is 51.5. The largest absolute Gasteiger partial charge is 0.506 e. The van der Waals surface area contributed by atoms with Gasteiger partial charge in [-0.05, 0) is 200 Å². The molecule has 0 spiro atoms. The number of ether oxygens (including phenoxy) is 5. The number of methoxy groups -OCH3 is 1. The zero-order chi connectivity index (χ0) is 100. The van der Waals surface area contributed by atoms with Gasteiger partial charge >= 0.3 is 18.0 Å². The van der Waals surface area contributed by atoms with Gasteiger partial charge in [-0.1, -0.05) is 221 Å². The zero-order valence-corrected chi connectivity index (χ0v) is 83.8. The molecule has 9 amide bonds. The van der Waals surface area contributed by atoms with Crippen LogP contribution in [-0.2, 0) is 28.7 Å². The Bertz CT molecular complexity index is 6530. The monoisotopic (exact) mass is 2080 g/mol. The molecule has 39 heteroatoms. The first-order valence-electron chi connectivity index (χ1n) is 42.4. The van der Waals surface area contributed by atoms with E-state index < -0.39 is 77.6 Å². The van der Waals surface area contributed by atoms with Crippen molar-refractivity contribution in [3.8, 4) is 46.6 Å². The lowest BCUT2D eigenvalue weighted by atomic mass is 10.1. The van der Waals surface area contributed by atoms with Crippen LogP contribution in [0.2, 0.25) is 50.2 Å². The van der Waals surface area contributed by atoms with E-state index in [1.165, 1.54) is 73.8 Å². The van der Waals surface area contributed by atoms with E-state index >= 15 is 0 Å². The number of rotatable bonds is 32. The average Bonchev–Trinajstić information content (AvgIpc) is 1.63. The van der Waals surface area contributed by atoms with Crippen LogP contribution in [0.4, 0.5) is 66.5 Å². The first-order chi connectivity index (χ1) is 65.8. The van der Waals surface area contributed by atoms with Gasteiger partial charge in [0.1, 0.15) is 63.4 Å². The smallest absolute Gasteiger partial charge is 0.343 e. The third-order valence-electron chi connectivity index (χ3n) is 20.4. The van der Waals surface area contributed by atoms with E-state index in [0.29, 0.717) is 64.2 Å². The van der Waals surface area contributed by atoms with E-state index in [2.05, 4.69) is 52.7 Å². The number of amidine groups is 1. The van der Waals surface area contributed by atoms with Crippen molar-refractivity contribution in [2.75, 3.05) is 61.3 Å². The number of nitrogens with one attached hydrogen (secondary N) is 9. The minimum Gasteiger partial charge on any atom is -0.506 e. The molecule has 11 aromatic carbocycles. The highest BCUT2D eigenvalue weighted by atomic mass is 35.5. The van der Waals surface area contributed by atoms with Crippen molar-refractivity contribution in [3.63, 3.8) is 0 Å². The molecule has 0 aromatic heterocycles. The van der Waals surface area contributed by atoms with Crippen LogP contribution in [0.5, 0.6) is 34.5 Å². The van der Waals surface area contributed by atoms with Gasteiger partial charge in [0.05, 0.1) is 102 Å². The van der Waals surface area contributed by atoms with Crippen LogP contribution in [0.1, 0.15) is 121 Å². The molecule has 11 aromatic rings. The Labute approximate surface area is 850 Å². The third-order valence-corrected chi connectivity index (χ3v) is 25.6. The summed E-state index contributed by atoms with van der Waals surface area (Å²) in [5, 5.41) is 61.0. The number of phenols is 2. The predicted molar refractivity (Wildman–Crippen MR) is 549 cm³/mol. The molecule has 718 valence electrons. The van der Waals surface area contributed by atoms with Crippen LogP contribution < -0.4 is 71.9 Å². The van der Waals surface area contributed by atoms with Gasteiger partial charge in [0.25, 0.3) is 29.5 Å². The van der Waals surface area contributed by atoms with Crippen molar-refractivity contribution in [1.82, 2.24) is 5.43 Å². The van der Waals surface area contributed by atoms with Gasteiger partial charge < -0.3 is 76.4 Å². The molecule has 1 saturated heterocycles. The molecule has 11 N–H and O–H groups in total. The summed E-state index contributed by atoms with van der Waals surface area (Å²) >= 11 is 64.4. The second-order valence-electron chi connectivity index (χ2n) is 30.9. The summed E-state index contributed by atoms with van der Waals surface area (Å²) in [5.74, 6) is -1.86. The molecule has 12 rings (SSSR count). The molecule has 0 aliphatic carbocycles. The van der Waals surface area contributed by atoms with Crippen LogP contribution >= 0.6 is 128 Å². The van der Waals surface area contributed by atoms with E-state index in [9.17, 15) is 48.6 Å². The number of thioether (sulfide) groups is 1. The molecule has 1 aliphatic rings. The maximum Gasteiger partial charge on any atom is 0.343 e. The number of halogens is 10. The number of nitrogens with zero attached hydrogens (tertiary/aromatic N) is 4. The minimum absolute atomic E-state index is 0.0223. The lowest BCUT2D eigenvalue weighted by Crippen LogP contribution is -2.36. The Morgan fingerprint density at radius 2 is 0.920 bits per heavy atom. The summed E-state index contributed by atoms with van der Waals surface area (Å²) in [5.41, 5.74) is 11.3. The first kappa shape index (κ1) is 107. The molecule has 138 heavy (non-hydrogen) atoms. The van der Waals surface area contributed by atoms with E-state index in [1.807, 2.05) is 129 Å². The Balaban J connectivity index is 0.000000220. The second kappa shape index (κ2) is 50.6. The highest BCUT2D eigenvalue weighted by Crippen LogP contribution is 2.50. The van der Waals surface area contributed by atoms with Gasteiger partial charge in [0, 0.05) is 45.8 Å². The van der Waals surface area contributed by atoms with Crippen molar-refractivity contribution in [2.24, 2.45) is 4.99 Å². The van der Waals surface area contributed by atoms with Crippen LogP contribution in [0.3, 0.4) is 0 Å².